The Morgan fingerprint density at radius 1 is 1.54 bits per heavy atom. The number of halogens is 1. The number of rotatable bonds is 6. The fraction of sp³-hybridized carbons (Fsp3) is 0.889. The molecule has 4 heteroatoms. The summed E-state index contributed by atoms with van der Waals surface area (Å²) in [5.41, 5.74) is 0. The van der Waals surface area contributed by atoms with Crippen LogP contribution in [0.15, 0.2) is 0 Å². The second kappa shape index (κ2) is 7.15. The van der Waals surface area contributed by atoms with Gasteiger partial charge in [-0.3, -0.25) is 4.79 Å². The second-order valence-electron chi connectivity index (χ2n) is 3.25. The molecular formula is C9H18ClNO2. The van der Waals surface area contributed by atoms with Gasteiger partial charge in [-0.2, -0.15) is 0 Å². The van der Waals surface area contributed by atoms with Crippen LogP contribution in [0.5, 0.6) is 0 Å². The fourth-order valence-corrected chi connectivity index (χ4v) is 0.962. The summed E-state index contributed by atoms with van der Waals surface area (Å²) in [6.07, 6.45) is 0.831. The summed E-state index contributed by atoms with van der Waals surface area (Å²) >= 11 is 5.55. The summed E-state index contributed by atoms with van der Waals surface area (Å²) < 4.78 is 4.90. The lowest BCUT2D eigenvalue weighted by molar-refractivity contribution is -0.124. The number of carbonyl (C=O) groups is 1. The third-order valence-electron chi connectivity index (χ3n) is 1.82. The van der Waals surface area contributed by atoms with Gasteiger partial charge in [0.1, 0.15) is 0 Å². The number of ether oxygens (including phenoxy) is 1. The molecule has 0 radical (unpaired) electrons. The second-order valence-corrected chi connectivity index (χ2v) is 3.56. The topological polar surface area (TPSA) is 38.3 Å². The lowest BCUT2D eigenvalue weighted by Gasteiger charge is -2.15. The van der Waals surface area contributed by atoms with Crippen LogP contribution in [0, 0.1) is 5.92 Å². The third kappa shape index (κ3) is 5.88. The van der Waals surface area contributed by atoms with Gasteiger partial charge in [0.2, 0.25) is 5.91 Å². The summed E-state index contributed by atoms with van der Waals surface area (Å²) in [4.78, 5) is 11.3. The molecule has 78 valence electrons. The van der Waals surface area contributed by atoms with Gasteiger partial charge in [-0.25, -0.2) is 0 Å². The van der Waals surface area contributed by atoms with Crippen molar-refractivity contribution >= 4 is 17.5 Å². The van der Waals surface area contributed by atoms with E-state index in [9.17, 15) is 4.79 Å². The molecule has 0 aliphatic rings. The van der Waals surface area contributed by atoms with E-state index in [0.717, 1.165) is 6.42 Å². The minimum atomic E-state index is -0.119. The average Bonchev–Trinajstić information content (AvgIpc) is 2.13. The lowest BCUT2D eigenvalue weighted by atomic mass is 10.1. The van der Waals surface area contributed by atoms with Gasteiger partial charge in [0, 0.05) is 31.6 Å². The molecule has 0 aliphatic carbocycles. The van der Waals surface area contributed by atoms with Gasteiger partial charge in [-0.1, -0.05) is 6.92 Å². The van der Waals surface area contributed by atoms with E-state index in [1.54, 1.807) is 7.11 Å². The van der Waals surface area contributed by atoms with Crippen LogP contribution < -0.4 is 5.32 Å². The maximum Gasteiger partial charge on any atom is 0.224 e. The van der Waals surface area contributed by atoms with E-state index < -0.39 is 0 Å². The largest absolute Gasteiger partial charge is 0.385 e. The van der Waals surface area contributed by atoms with Crippen LogP contribution in [0.3, 0.4) is 0 Å². The monoisotopic (exact) mass is 207 g/mol. The Kier molecular flexibility index (Phi) is 7.00. The quantitative estimate of drug-likeness (QED) is 0.669. The first kappa shape index (κ1) is 12.7. The first-order chi connectivity index (χ1) is 6.11. The average molecular weight is 208 g/mol. The molecule has 0 fully saturated rings. The van der Waals surface area contributed by atoms with Crippen LogP contribution in [0.25, 0.3) is 0 Å². The number of nitrogens with one attached hydrogen (secondary N) is 1. The smallest absolute Gasteiger partial charge is 0.224 e. The molecule has 0 saturated heterocycles. The van der Waals surface area contributed by atoms with Crippen molar-refractivity contribution in [1.29, 1.82) is 0 Å². The van der Waals surface area contributed by atoms with E-state index in [4.69, 9.17) is 16.3 Å². The normalized spacial score (nSPS) is 15.1. The highest BCUT2D eigenvalue weighted by Gasteiger charge is 2.13. The number of methoxy groups -OCH3 is 1. The molecule has 1 amide bonds. The maximum atomic E-state index is 11.3. The summed E-state index contributed by atoms with van der Waals surface area (Å²) in [6.45, 7) is 4.43. The van der Waals surface area contributed by atoms with Crippen molar-refractivity contribution in [3.8, 4) is 0 Å². The van der Waals surface area contributed by atoms with Gasteiger partial charge in [0.15, 0.2) is 0 Å². The van der Waals surface area contributed by atoms with Crippen molar-refractivity contribution in [3.63, 3.8) is 0 Å². The Hall–Kier alpha value is -0.280. The lowest BCUT2D eigenvalue weighted by Crippen LogP contribution is -2.37. The van der Waals surface area contributed by atoms with Crippen molar-refractivity contribution in [3.05, 3.63) is 0 Å². The number of hydrogen-bond acceptors (Lipinski definition) is 2. The van der Waals surface area contributed by atoms with Crippen LogP contribution in [0.2, 0.25) is 0 Å². The standard InChI is InChI=1S/C9H18ClNO2/c1-7(6-10)9(12)11-8(2)4-5-13-3/h7-8H,4-6H2,1-3H3,(H,11,12). The zero-order chi connectivity index (χ0) is 10.3. The number of hydrogen-bond donors (Lipinski definition) is 1. The molecule has 1 N–H and O–H groups in total. The Balaban J connectivity index is 3.64. The van der Waals surface area contributed by atoms with Gasteiger partial charge in [0.25, 0.3) is 0 Å². The summed E-state index contributed by atoms with van der Waals surface area (Å²) in [5.74, 6) is 0.258. The molecule has 2 atom stereocenters. The minimum absolute atomic E-state index is 0.0126. The number of amides is 1. The first-order valence-corrected chi connectivity index (χ1v) is 5.00. The van der Waals surface area contributed by atoms with Crippen molar-refractivity contribution in [2.45, 2.75) is 26.3 Å². The number of alkyl halides is 1. The van der Waals surface area contributed by atoms with E-state index in [-0.39, 0.29) is 17.9 Å². The molecule has 0 aromatic heterocycles. The highest BCUT2D eigenvalue weighted by Crippen LogP contribution is 1.99. The molecule has 0 aliphatic heterocycles. The maximum absolute atomic E-state index is 11.3. The molecule has 0 bridgehead atoms. The third-order valence-corrected chi connectivity index (χ3v) is 2.29. The summed E-state index contributed by atoms with van der Waals surface area (Å²) in [7, 11) is 1.65. The Bertz CT molecular complexity index is 153. The Labute approximate surface area is 84.8 Å². The molecule has 3 nitrogen and oxygen atoms in total. The molecule has 0 spiro atoms. The van der Waals surface area contributed by atoms with E-state index in [1.165, 1.54) is 0 Å². The summed E-state index contributed by atoms with van der Waals surface area (Å²) in [6, 6.07) is 0.151. The molecule has 0 saturated carbocycles. The van der Waals surface area contributed by atoms with Crippen molar-refractivity contribution in [2.75, 3.05) is 19.6 Å². The zero-order valence-electron chi connectivity index (χ0n) is 8.47. The molecule has 0 rings (SSSR count). The van der Waals surface area contributed by atoms with Gasteiger partial charge in [-0.15, -0.1) is 11.6 Å². The molecule has 0 aromatic carbocycles. The molecule has 13 heavy (non-hydrogen) atoms. The van der Waals surface area contributed by atoms with Crippen LogP contribution in [0.4, 0.5) is 0 Å². The highest BCUT2D eigenvalue weighted by molar-refractivity contribution is 6.19. The minimum Gasteiger partial charge on any atom is -0.385 e. The van der Waals surface area contributed by atoms with Crippen LogP contribution in [-0.4, -0.2) is 31.5 Å². The molecule has 0 heterocycles. The van der Waals surface area contributed by atoms with E-state index in [0.29, 0.717) is 12.5 Å². The predicted octanol–water partition coefficient (Wildman–Crippen LogP) is 1.40. The van der Waals surface area contributed by atoms with E-state index in [1.807, 2.05) is 13.8 Å². The predicted molar refractivity (Wildman–Crippen MR) is 54.0 cm³/mol. The van der Waals surface area contributed by atoms with Gasteiger partial charge >= 0.3 is 0 Å². The van der Waals surface area contributed by atoms with E-state index >= 15 is 0 Å². The van der Waals surface area contributed by atoms with Crippen molar-refractivity contribution in [1.82, 2.24) is 5.32 Å². The summed E-state index contributed by atoms with van der Waals surface area (Å²) in [5, 5.41) is 2.86. The Morgan fingerprint density at radius 3 is 2.62 bits per heavy atom. The van der Waals surface area contributed by atoms with E-state index in [2.05, 4.69) is 5.32 Å². The Morgan fingerprint density at radius 2 is 2.15 bits per heavy atom. The van der Waals surface area contributed by atoms with Gasteiger partial charge < -0.3 is 10.1 Å². The molecular weight excluding hydrogens is 190 g/mol. The SMILES string of the molecule is COCCC(C)NC(=O)C(C)CCl. The van der Waals surface area contributed by atoms with Crippen molar-refractivity contribution in [2.24, 2.45) is 5.92 Å². The first-order valence-electron chi connectivity index (χ1n) is 4.47. The highest BCUT2D eigenvalue weighted by atomic mass is 35.5. The number of carbonyl (C=O) groups excluding carboxylic acids is 1. The van der Waals surface area contributed by atoms with Crippen LogP contribution >= 0.6 is 11.6 Å². The van der Waals surface area contributed by atoms with Gasteiger partial charge in [-0.05, 0) is 13.3 Å². The van der Waals surface area contributed by atoms with Gasteiger partial charge in [0.05, 0.1) is 0 Å². The molecule has 0 aromatic rings. The van der Waals surface area contributed by atoms with Crippen LogP contribution in [0.1, 0.15) is 20.3 Å². The molecule has 2 unspecified atom stereocenters. The zero-order valence-corrected chi connectivity index (χ0v) is 9.23. The van der Waals surface area contributed by atoms with Crippen LogP contribution in [-0.2, 0) is 9.53 Å². The van der Waals surface area contributed by atoms with Crippen molar-refractivity contribution < 1.29 is 9.53 Å². The fourth-order valence-electron chi connectivity index (χ4n) is 0.822.